The summed E-state index contributed by atoms with van der Waals surface area (Å²) >= 11 is 3.41. The van der Waals surface area contributed by atoms with Gasteiger partial charge in [-0.2, -0.15) is 9.78 Å². The Bertz CT molecular complexity index is 1690. The summed E-state index contributed by atoms with van der Waals surface area (Å²) in [6, 6.07) is 19.7. The van der Waals surface area contributed by atoms with Crippen molar-refractivity contribution in [2.45, 2.75) is 6.92 Å². The van der Waals surface area contributed by atoms with Crippen molar-refractivity contribution in [2.75, 3.05) is 13.2 Å². The molecule has 0 aliphatic carbocycles. The fourth-order valence-corrected chi connectivity index (χ4v) is 4.38. The lowest BCUT2D eigenvalue weighted by Crippen LogP contribution is -2.20. The average molecular weight is 562 g/mol. The highest BCUT2D eigenvalue weighted by Crippen LogP contribution is 2.36. The third kappa shape index (κ3) is 4.96. The smallest absolute Gasteiger partial charge is 0.341 e. The van der Waals surface area contributed by atoms with Crippen LogP contribution in [0.25, 0.3) is 33.5 Å². The Balaban J connectivity index is 1.63. The molecule has 0 saturated carbocycles. The number of benzene rings is 3. The fraction of sp³-hybridized carbons (Fsp3) is 0.111. The van der Waals surface area contributed by atoms with Gasteiger partial charge in [0.15, 0.2) is 23.9 Å². The highest BCUT2D eigenvalue weighted by Gasteiger charge is 2.17. The Morgan fingerprint density at radius 3 is 2.70 bits per heavy atom. The van der Waals surface area contributed by atoms with Gasteiger partial charge in [0.1, 0.15) is 5.58 Å². The van der Waals surface area contributed by atoms with E-state index in [0.29, 0.717) is 44.6 Å². The van der Waals surface area contributed by atoms with Crippen molar-refractivity contribution in [3.8, 4) is 23.1 Å². The van der Waals surface area contributed by atoms with Crippen molar-refractivity contribution < 1.29 is 23.8 Å². The lowest BCUT2D eigenvalue weighted by Gasteiger charge is -2.13. The quantitative estimate of drug-likeness (QED) is 0.255. The van der Waals surface area contributed by atoms with Gasteiger partial charge in [0.05, 0.1) is 28.2 Å². The van der Waals surface area contributed by atoms with E-state index in [0.717, 1.165) is 5.39 Å². The lowest BCUT2D eigenvalue weighted by atomic mass is 10.2. The highest BCUT2D eigenvalue weighted by molar-refractivity contribution is 9.10. The van der Waals surface area contributed by atoms with Gasteiger partial charge in [0.25, 0.3) is 5.56 Å². The van der Waals surface area contributed by atoms with E-state index in [1.807, 2.05) is 36.4 Å². The molecule has 3 aromatic carbocycles. The summed E-state index contributed by atoms with van der Waals surface area (Å²) in [4.78, 5) is 29.1. The van der Waals surface area contributed by atoms with E-state index in [4.69, 9.17) is 19.0 Å². The molecule has 0 radical (unpaired) electrons. The van der Waals surface area contributed by atoms with Crippen LogP contribution in [-0.4, -0.2) is 40.2 Å². The number of ether oxygens (including phenoxy) is 2. The molecule has 2 aromatic heterocycles. The summed E-state index contributed by atoms with van der Waals surface area (Å²) in [5.41, 5.74) is 1.41. The van der Waals surface area contributed by atoms with Crippen molar-refractivity contribution in [1.82, 2.24) is 9.66 Å². The van der Waals surface area contributed by atoms with E-state index in [-0.39, 0.29) is 17.1 Å². The standard InChI is InChI=1S/C27H20BrN3O6/c1-2-35-22-12-16(11-19(28)25(22)36-15-24(32)33)14-29-31-26(23-13-17-7-3-6-10-21(17)37-23)30-20-9-5-4-8-18(20)27(31)34/h3-14H,2,15H2,1H3,(H,32,33). The number of carboxylic acid groups (broad SMARTS) is 1. The van der Waals surface area contributed by atoms with E-state index >= 15 is 0 Å². The van der Waals surface area contributed by atoms with Crippen LogP contribution in [0.5, 0.6) is 11.5 Å². The van der Waals surface area contributed by atoms with Crippen LogP contribution < -0.4 is 15.0 Å². The SMILES string of the molecule is CCOc1cc(C=Nn2c(-c3cc4ccccc4o3)nc3ccccc3c2=O)cc(Br)c1OCC(=O)O. The number of furan rings is 1. The first-order chi connectivity index (χ1) is 17.9. The number of hydrogen-bond acceptors (Lipinski definition) is 7. The van der Waals surface area contributed by atoms with E-state index in [1.54, 1.807) is 37.3 Å². The van der Waals surface area contributed by atoms with Crippen LogP contribution in [0.4, 0.5) is 0 Å². The van der Waals surface area contributed by atoms with Gasteiger partial charge in [-0.3, -0.25) is 4.79 Å². The number of halogens is 1. The molecule has 0 saturated heterocycles. The Morgan fingerprint density at radius 2 is 1.92 bits per heavy atom. The number of aliphatic carboxylic acids is 1. The number of hydrogen-bond donors (Lipinski definition) is 1. The predicted octanol–water partition coefficient (Wildman–Crippen LogP) is 5.32. The number of rotatable bonds is 8. The van der Waals surface area contributed by atoms with Crippen LogP contribution in [0.1, 0.15) is 12.5 Å². The molecule has 0 aliphatic heterocycles. The van der Waals surface area contributed by atoms with Gasteiger partial charge in [-0.15, -0.1) is 0 Å². The second kappa shape index (κ2) is 10.3. The summed E-state index contributed by atoms with van der Waals surface area (Å²) in [7, 11) is 0. The minimum absolute atomic E-state index is 0.252. The Kier molecular flexibility index (Phi) is 6.74. The Morgan fingerprint density at radius 1 is 1.14 bits per heavy atom. The molecule has 10 heteroatoms. The van der Waals surface area contributed by atoms with Crippen molar-refractivity contribution in [3.63, 3.8) is 0 Å². The van der Waals surface area contributed by atoms with Crippen molar-refractivity contribution >= 4 is 50.0 Å². The van der Waals surface area contributed by atoms with E-state index in [1.165, 1.54) is 10.9 Å². The summed E-state index contributed by atoms with van der Waals surface area (Å²) in [6.07, 6.45) is 1.48. The topological polar surface area (TPSA) is 116 Å². The fourth-order valence-electron chi connectivity index (χ4n) is 3.81. The Labute approximate surface area is 218 Å². The van der Waals surface area contributed by atoms with Gasteiger partial charge in [0, 0.05) is 5.39 Å². The molecule has 0 atom stereocenters. The summed E-state index contributed by atoms with van der Waals surface area (Å²) < 4.78 is 18.7. The van der Waals surface area contributed by atoms with Crippen LogP contribution in [0.2, 0.25) is 0 Å². The number of para-hydroxylation sites is 2. The van der Waals surface area contributed by atoms with Gasteiger partial charge in [-0.1, -0.05) is 30.3 Å². The van der Waals surface area contributed by atoms with E-state index in [2.05, 4.69) is 26.0 Å². The second-order valence-corrected chi connectivity index (χ2v) is 8.76. The minimum Gasteiger partial charge on any atom is -0.490 e. The predicted molar refractivity (Wildman–Crippen MR) is 143 cm³/mol. The number of fused-ring (bicyclic) bond motifs is 2. The minimum atomic E-state index is -1.11. The van der Waals surface area contributed by atoms with Crippen LogP contribution in [-0.2, 0) is 4.79 Å². The molecule has 0 fully saturated rings. The van der Waals surface area contributed by atoms with Gasteiger partial charge in [-0.25, -0.2) is 9.78 Å². The molecule has 0 bridgehead atoms. The van der Waals surface area contributed by atoms with Crippen LogP contribution >= 0.6 is 15.9 Å². The molecule has 0 amide bonds. The molecule has 0 unspecified atom stereocenters. The number of nitrogens with zero attached hydrogens (tertiary/aromatic N) is 3. The molecular formula is C27H20BrN3O6. The molecule has 1 N–H and O–H groups in total. The third-order valence-electron chi connectivity index (χ3n) is 5.39. The summed E-state index contributed by atoms with van der Waals surface area (Å²) in [5.74, 6) is 0.132. The largest absolute Gasteiger partial charge is 0.490 e. The maximum atomic E-state index is 13.5. The summed E-state index contributed by atoms with van der Waals surface area (Å²) in [6.45, 7) is 1.61. The molecule has 0 spiro atoms. The molecule has 0 aliphatic rings. The van der Waals surface area contributed by atoms with Gasteiger partial charge < -0.3 is 19.0 Å². The first kappa shape index (κ1) is 24.3. The van der Waals surface area contributed by atoms with Gasteiger partial charge in [-0.05, 0) is 64.8 Å². The maximum Gasteiger partial charge on any atom is 0.341 e. The third-order valence-corrected chi connectivity index (χ3v) is 5.98. The van der Waals surface area contributed by atoms with Crippen LogP contribution in [0.3, 0.4) is 0 Å². The molecule has 5 aromatic rings. The number of carboxylic acids is 1. The number of aromatic nitrogens is 2. The monoisotopic (exact) mass is 561 g/mol. The lowest BCUT2D eigenvalue weighted by molar-refractivity contribution is -0.139. The molecule has 186 valence electrons. The second-order valence-electron chi connectivity index (χ2n) is 7.91. The first-order valence-corrected chi connectivity index (χ1v) is 12.1. The van der Waals surface area contributed by atoms with Crippen LogP contribution in [0, 0.1) is 0 Å². The highest BCUT2D eigenvalue weighted by atomic mass is 79.9. The van der Waals surface area contributed by atoms with Crippen LogP contribution in [0.15, 0.2) is 85.5 Å². The maximum absolute atomic E-state index is 13.5. The molecular weight excluding hydrogens is 542 g/mol. The zero-order valence-corrected chi connectivity index (χ0v) is 21.1. The Hall–Kier alpha value is -4.44. The van der Waals surface area contributed by atoms with Gasteiger partial charge >= 0.3 is 5.97 Å². The van der Waals surface area contributed by atoms with E-state index in [9.17, 15) is 9.59 Å². The molecule has 9 nitrogen and oxygen atoms in total. The van der Waals surface area contributed by atoms with Crippen molar-refractivity contribution in [1.29, 1.82) is 0 Å². The molecule has 37 heavy (non-hydrogen) atoms. The molecule has 2 heterocycles. The average Bonchev–Trinajstić information content (AvgIpc) is 3.32. The summed E-state index contributed by atoms with van der Waals surface area (Å²) in [5, 5.41) is 14.7. The first-order valence-electron chi connectivity index (χ1n) is 11.3. The molecule has 5 rings (SSSR count). The van der Waals surface area contributed by atoms with E-state index < -0.39 is 12.6 Å². The number of carbonyl (C=O) groups is 1. The van der Waals surface area contributed by atoms with Gasteiger partial charge in [0.2, 0.25) is 5.82 Å². The zero-order valence-electron chi connectivity index (χ0n) is 19.6. The normalized spacial score (nSPS) is 11.4. The zero-order chi connectivity index (χ0) is 25.9. The van der Waals surface area contributed by atoms with Crippen molar-refractivity contribution in [2.24, 2.45) is 5.10 Å². The van der Waals surface area contributed by atoms with Crippen molar-refractivity contribution in [3.05, 3.63) is 87.1 Å².